The first-order chi connectivity index (χ1) is 7.22. The van der Waals surface area contributed by atoms with E-state index < -0.39 is 6.03 Å². The van der Waals surface area contributed by atoms with Crippen molar-refractivity contribution < 1.29 is 14.3 Å². The number of urea groups is 1. The van der Waals surface area contributed by atoms with Crippen LogP contribution in [0.2, 0.25) is 0 Å². The largest absolute Gasteiger partial charge is 0.379 e. The van der Waals surface area contributed by atoms with E-state index in [0.717, 1.165) is 0 Å². The number of imide groups is 1. The third-order valence-electron chi connectivity index (χ3n) is 1.85. The van der Waals surface area contributed by atoms with Crippen LogP contribution < -0.4 is 10.7 Å². The smallest absolute Gasteiger partial charge is 0.335 e. The Kier molecular flexibility index (Phi) is 5.38. The van der Waals surface area contributed by atoms with Crippen LogP contribution in [0.15, 0.2) is 0 Å². The van der Waals surface area contributed by atoms with E-state index in [2.05, 4.69) is 10.7 Å². The van der Waals surface area contributed by atoms with Crippen LogP contribution in [-0.4, -0.2) is 49.1 Å². The summed E-state index contributed by atoms with van der Waals surface area (Å²) < 4.78 is 5.10. The molecule has 0 saturated carbocycles. The van der Waals surface area contributed by atoms with Gasteiger partial charge in [0.1, 0.15) is 0 Å². The summed E-state index contributed by atoms with van der Waals surface area (Å²) in [7, 11) is 0. The van der Waals surface area contributed by atoms with Crippen LogP contribution in [-0.2, 0) is 9.53 Å². The highest BCUT2D eigenvalue weighted by molar-refractivity contribution is 6.19. The summed E-state index contributed by atoms with van der Waals surface area (Å²) in [6.07, 6.45) is 0.137. The average Bonchev–Trinajstić information content (AvgIpc) is 2.19. The lowest BCUT2D eigenvalue weighted by atomic mass is 10.4. The number of hydrazine groups is 1. The molecular weight excluding hydrogens is 222 g/mol. The molecule has 3 amide bonds. The highest BCUT2D eigenvalue weighted by atomic mass is 35.5. The maximum atomic E-state index is 11.2. The van der Waals surface area contributed by atoms with Gasteiger partial charge in [-0.15, -0.1) is 11.6 Å². The predicted octanol–water partition coefficient (Wildman–Crippen LogP) is -0.312. The first kappa shape index (κ1) is 12.2. The van der Waals surface area contributed by atoms with Crippen molar-refractivity contribution in [1.82, 2.24) is 15.8 Å². The SMILES string of the molecule is O=C(CCCl)NC(=O)NN1CCOCC1. The number of hydrogen-bond donors (Lipinski definition) is 2. The molecule has 1 heterocycles. The van der Waals surface area contributed by atoms with Crippen molar-refractivity contribution in [2.75, 3.05) is 32.2 Å². The van der Waals surface area contributed by atoms with Gasteiger partial charge in [-0.05, 0) is 0 Å². The van der Waals surface area contributed by atoms with Crippen LogP contribution >= 0.6 is 11.6 Å². The minimum atomic E-state index is -0.521. The fourth-order valence-corrected chi connectivity index (χ4v) is 1.29. The molecule has 0 aromatic heterocycles. The fourth-order valence-electron chi connectivity index (χ4n) is 1.12. The normalized spacial score (nSPS) is 17.1. The second-order valence-electron chi connectivity index (χ2n) is 3.03. The fraction of sp³-hybridized carbons (Fsp3) is 0.750. The number of rotatable bonds is 3. The van der Waals surface area contributed by atoms with Crippen LogP contribution in [0.25, 0.3) is 0 Å². The van der Waals surface area contributed by atoms with Crippen LogP contribution in [0, 0.1) is 0 Å². The second-order valence-corrected chi connectivity index (χ2v) is 3.41. The molecule has 1 aliphatic heterocycles. The zero-order valence-electron chi connectivity index (χ0n) is 8.29. The van der Waals surface area contributed by atoms with E-state index in [-0.39, 0.29) is 18.2 Å². The summed E-state index contributed by atoms with van der Waals surface area (Å²) in [6, 6.07) is -0.521. The van der Waals surface area contributed by atoms with Crippen molar-refractivity contribution in [2.24, 2.45) is 0 Å². The average molecular weight is 236 g/mol. The molecule has 0 unspecified atom stereocenters. The van der Waals surface area contributed by atoms with Crippen LogP contribution in [0.1, 0.15) is 6.42 Å². The summed E-state index contributed by atoms with van der Waals surface area (Å²) >= 11 is 5.35. The molecular formula is C8H14ClN3O3. The van der Waals surface area contributed by atoms with Crippen molar-refractivity contribution >= 4 is 23.5 Å². The minimum Gasteiger partial charge on any atom is -0.379 e. The summed E-state index contributed by atoms with van der Waals surface area (Å²) in [5.41, 5.74) is 2.55. The lowest BCUT2D eigenvalue weighted by molar-refractivity contribution is -0.119. The number of nitrogens with zero attached hydrogens (tertiary/aromatic N) is 1. The molecule has 7 heteroatoms. The van der Waals surface area contributed by atoms with Crippen molar-refractivity contribution in [3.05, 3.63) is 0 Å². The van der Waals surface area contributed by atoms with Gasteiger partial charge in [0.05, 0.1) is 13.2 Å². The zero-order chi connectivity index (χ0) is 11.1. The molecule has 0 aromatic rings. The van der Waals surface area contributed by atoms with Gasteiger partial charge in [0.25, 0.3) is 0 Å². The topological polar surface area (TPSA) is 70.7 Å². The number of carbonyl (C=O) groups excluding carboxylic acids is 2. The molecule has 86 valence electrons. The molecule has 2 N–H and O–H groups in total. The molecule has 0 atom stereocenters. The summed E-state index contributed by atoms with van der Waals surface area (Å²) in [6.45, 7) is 2.40. The van der Waals surface area contributed by atoms with Gasteiger partial charge in [-0.1, -0.05) is 0 Å². The molecule has 15 heavy (non-hydrogen) atoms. The Labute approximate surface area is 92.9 Å². The van der Waals surface area contributed by atoms with E-state index in [1.54, 1.807) is 5.01 Å². The third-order valence-corrected chi connectivity index (χ3v) is 2.03. The van der Waals surface area contributed by atoms with Gasteiger partial charge < -0.3 is 4.74 Å². The van der Waals surface area contributed by atoms with Gasteiger partial charge in [0, 0.05) is 25.4 Å². The van der Waals surface area contributed by atoms with Crippen molar-refractivity contribution in [1.29, 1.82) is 0 Å². The summed E-state index contributed by atoms with van der Waals surface area (Å²) in [5, 5.41) is 3.87. The molecule has 1 saturated heterocycles. The lowest BCUT2D eigenvalue weighted by Gasteiger charge is -2.26. The predicted molar refractivity (Wildman–Crippen MR) is 54.4 cm³/mol. The number of amides is 3. The Morgan fingerprint density at radius 3 is 2.60 bits per heavy atom. The van der Waals surface area contributed by atoms with E-state index in [4.69, 9.17) is 16.3 Å². The molecule has 0 aromatic carbocycles. The maximum absolute atomic E-state index is 11.2. The van der Waals surface area contributed by atoms with E-state index in [1.807, 2.05) is 0 Å². The standard InChI is InChI=1S/C8H14ClN3O3/c9-2-1-7(13)10-8(14)11-12-3-5-15-6-4-12/h1-6H2,(H2,10,11,13,14). The summed E-state index contributed by atoms with van der Waals surface area (Å²) in [4.78, 5) is 22.2. The number of alkyl halides is 1. The molecule has 1 aliphatic rings. The lowest BCUT2D eigenvalue weighted by Crippen LogP contribution is -2.52. The monoisotopic (exact) mass is 235 g/mol. The number of ether oxygens (including phenoxy) is 1. The number of carbonyl (C=O) groups is 2. The third kappa shape index (κ3) is 4.96. The summed E-state index contributed by atoms with van der Waals surface area (Å²) in [5.74, 6) is -0.174. The van der Waals surface area contributed by atoms with Gasteiger partial charge in [-0.3, -0.25) is 15.5 Å². The first-order valence-corrected chi connectivity index (χ1v) is 5.25. The number of halogens is 1. The molecule has 0 aliphatic carbocycles. The Morgan fingerprint density at radius 1 is 1.33 bits per heavy atom. The Morgan fingerprint density at radius 2 is 2.00 bits per heavy atom. The molecule has 0 radical (unpaired) electrons. The van der Waals surface area contributed by atoms with Crippen LogP contribution in [0.5, 0.6) is 0 Å². The van der Waals surface area contributed by atoms with Crippen LogP contribution in [0.3, 0.4) is 0 Å². The Balaban J connectivity index is 2.19. The first-order valence-electron chi connectivity index (χ1n) is 4.71. The van der Waals surface area contributed by atoms with Crippen molar-refractivity contribution in [3.8, 4) is 0 Å². The van der Waals surface area contributed by atoms with E-state index >= 15 is 0 Å². The number of nitrogens with one attached hydrogen (secondary N) is 2. The molecule has 1 rings (SSSR count). The van der Waals surface area contributed by atoms with E-state index in [0.29, 0.717) is 26.3 Å². The Hall–Kier alpha value is -0.850. The van der Waals surface area contributed by atoms with E-state index in [1.165, 1.54) is 0 Å². The van der Waals surface area contributed by atoms with Gasteiger partial charge >= 0.3 is 6.03 Å². The van der Waals surface area contributed by atoms with Crippen molar-refractivity contribution in [3.63, 3.8) is 0 Å². The molecule has 1 fully saturated rings. The second kappa shape index (κ2) is 6.60. The molecule has 0 bridgehead atoms. The van der Waals surface area contributed by atoms with Crippen molar-refractivity contribution in [2.45, 2.75) is 6.42 Å². The highest BCUT2D eigenvalue weighted by Crippen LogP contribution is 1.92. The number of hydrogen-bond acceptors (Lipinski definition) is 4. The highest BCUT2D eigenvalue weighted by Gasteiger charge is 2.14. The minimum absolute atomic E-state index is 0.137. The van der Waals surface area contributed by atoms with Crippen LogP contribution in [0.4, 0.5) is 4.79 Å². The van der Waals surface area contributed by atoms with Gasteiger partial charge in [0.15, 0.2) is 0 Å². The quantitative estimate of drug-likeness (QED) is 0.659. The van der Waals surface area contributed by atoms with Gasteiger partial charge in [0.2, 0.25) is 5.91 Å². The Bertz CT molecular complexity index is 231. The molecule has 0 spiro atoms. The van der Waals surface area contributed by atoms with Gasteiger partial charge in [-0.25, -0.2) is 9.80 Å². The van der Waals surface area contributed by atoms with Gasteiger partial charge in [-0.2, -0.15) is 0 Å². The zero-order valence-corrected chi connectivity index (χ0v) is 9.05. The maximum Gasteiger partial charge on any atom is 0.335 e. The number of morpholine rings is 1. The molecule has 6 nitrogen and oxygen atoms in total. The van der Waals surface area contributed by atoms with E-state index in [9.17, 15) is 9.59 Å².